The minimum absolute atomic E-state index is 0.146. The molecule has 0 aliphatic heterocycles. The molecule has 1 saturated carbocycles. The Kier molecular flexibility index (Phi) is 8.06. The third-order valence-corrected chi connectivity index (χ3v) is 7.02. The molecule has 3 aromatic rings. The summed E-state index contributed by atoms with van der Waals surface area (Å²) in [6.07, 6.45) is 6.79. The lowest BCUT2D eigenvalue weighted by Gasteiger charge is -2.22. The Morgan fingerprint density at radius 2 is 2.00 bits per heavy atom. The molecule has 0 spiro atoms. The molecule has 2 aromatic carbocycles. The van der Waals surface area contributed by atoms with Crippen molar-refractivity contribution in [2.24, 2.45) is 5.10 Å². The minimum Gasteiger partial charge on any atom is -0.480 e. The predicted molar refractivity (Wildman–Crippen MR) is 139 cm³/mol. The first-order valence-electron chi connectivity index (χ1n) is 10.8. The molecule has 4 rings (SSSR count). The highest BCUT2D eigenvalue weighted by molar-refractivity contribution is 9.10. The summed E-state index contributed by atoms with van der Waals surface area (Å²) >= 11 is 13.1. The second-order valence-corrected chi connectivity index (χ2v) is 10.2. The van der Waals surface area contributed by atoms with E-state index in [-0.39, 0.29) is 18.1 Å². The molecule has 1 aliphatic rings. The zero-order valence-electron chi connectivity index (χ0n) is 18.4. The van der Waals surface area contributed by atoms with Crippen LogP contribution in [0.2, 0.25) is 5.02 Å². The number of halogens is 3. The fourth-order valence-electron chi connectivity index (χ4n) is 4.04. The van der Waals surface area contributed by atoms with Crippen molar-refractivity contribution in [3.63, 3.8) is 0 Å². The molecule has 1 aliphatic carbocycles. The van der Waals surface area contributed by atoms with Gasteiger partial charge in [0.2, 0.25) is 0 Å². The molecule has 0 bridgehead atoms. The molecular weight excluding hydrogens is 590 g/mol. The van der Waals surface area contributed by atoms with Gasteiger partial charge in [0.15, 0.2) is 6.61 Å². The van der Waals surface area contributed by atoms with Gasteiger partial charge in [0.05, 0.1) is 28.7 Å². The second-order valence-electron chi connectivity index (χ2n) is 8.00. The third-order valence-electron chi connectivity index (χ3n) is 5.72. The zero-order chi connectivity index (χ0) is 24.2. The number of rotatable bonds is 6. The van der Waals surface area contributed by atoms with E-state index >= 15 is 0 Å². The van der Waals surface area contributed by atoms with Crippen molar-refractivity contribution >= 4 is 66.5 Å². The van der Waals surface area contributed by atoms with E-state index in [1.807, 2.05) is 12.1 Å². The Morgan fingerprint density at radius 1 is 1.24 bits per heavy atom. The van der Waals surface area contributed by atoms with E-state index in [1.54, 1.807) is 18.2 Å². The Bertz CT molecular complexity index is 1320. The van der Waals surface area contributed by atoms with Gasteiger partial charge in [-0.2, -0.15) is 9.78 Å². The number of nitrogens with zero attached hydrogens (tertiary/aromatic N) is 3. The van der Waals surface area contributed by atoms with Gasteiger partial charge >= 0.3 is 5.97 Å². The molecule has 10 heteroatoms. The summed E-state index contributed by atoms with van der Waals surface area (Å²) < 4.78 is 13.0. The van der Waals surface area contributed by atoms with Crippen LogP contribution in [-0.2, 0) is 9.53 Å². The van der Waals surface area contributed by atoms with Gasteiger partial charge in [-0.15, -0.1) is 0 Å². The molecule has 34 heavy (non-hydrogen) atoms. The standard InChI is InChI=1S/C24H22Br2ClN3O4/c1-33-21(31)13-34-22-15(9-17(27)11-19(22)26)12-28-30-23(14-5-3-2-4-6-14)29-20-8-7-16(25)10-18(20)24(30)32/h7-12,14H,2-6,13H2,1H3. The number of carbonyl (C=O) groups is 1. The number of benzene rings is 2. The lowest BCUT2D eigenvalue weighted by Crippen LogP contribution is -2.25. The maximum Gasteiger partial charge on any atom is 0.343 e. The first kappa shape index (κ1) is 24.9. The number of hydrogen-bond donors (Lipinski definition) is 0. The van der Waals surface area contributed by atoms with Crippen molar-refractivity contribution in [2.75, 3.05) is 13.7 Å². The SMILES string of the molecule is COC(=O)COc1c(Br)cc(Cl)cc1C=Nn1c(C2CCCCC2)nc2ccc(Br)cc2c1=O. The van der Waals surface area contributed by atoms with Gasteiger partial charge in [-0.25, -0.2) is 9.78 Å². The molecule has 1 aromatic heterocycles. The van der Waals surface area contributed by atoms with Crippen molar-refractivity contribution in [1.29, 1.82) is 0 Å². The average molecular weight is 612 g/mol. The van der Waals surface area contributed by atoms with Gasteiger partial charge in [0.25, 0.3) is 5.56 Å². The Morgan fingerprint density at radius 3 is 2.74 bits per heavy atom. The zero-order valence-corrected chi connectivity index (χ0v) is 22.3. The number of aromatic nitrogens is 2. The van der Waals surface area contributed by atoms with Crippen LogP contribution >= 0.6 is 43.5 Å². The van der Waals surface area contributed by atoms with Crippen LogP contribution in [0.1, 0.15) is 49.4 Å². The number of hydrogen-bond acceptors (Lipinski definition) is 6. The third kappa shape index (κ3) is 5.53. The van der Waals surface area contributed by atoms with Crippen LogP contribution in [0.3, 0.4) is 0 Å². The normalized spacial score (nSPS) is 14.6. The van der Waals surface area contributed by atoms with Gasteiger partial charge in [0, 0.05) is 21.0 Å². The maximum atomic E-state index is 13.5. The van der Waals surface area contributed by atoms with Crippen molar-refractivity contribution in [2.45, 2.75) is 38.0 Å². The van der Waals surface area contributed by atoms with Gasteiger partial charge in [-0.3, -0.25) is 4.79 Å². The van der Waals surface area contributed by atoms with Crippen molar-refractivity contribution in [3.8, 4) is 5.75 Å². The van der Waals surface area contributed by atoms with E-state index in [4.69, 9.17) is 21.3 Å². The molecule has 0 radical (unpaired) electrons. The van der Waals surface area contributed by atoms with Crippen molar-refractivity contribution in [3.05, 3.63) is 66.0 Å². The van der Waals surface area contributed by atoms with Gasteiger partial charge in [0.1, 0.15) is 11.6 Å². The van der Waals surface area contributed by atoms with Gasteiger partial charge < -0.3 is 9.47 Å². The molecule has 7 nitrogen and oxygen atoms in total. The van der Waals surface area contributed by atoms with Crippen LogP contribution in [0.4, 0.5) is 0 Å². The van der Waals surface area contributed by atoms with E-state index in [0.717, 1.165) is 30.2 Å². The second kappa shape index (κ2) is 11.0. The Balaban J connectivity index is 1.82. The van der Waals surface area contributed by atoms with E-state index < -0.39 is 5.97 Å². The smallest absolute Gasteiger partial charge is 0.343 e. The first-order valence-corrected chi connectivity index (χ1v) is 12.8. The van der Waals surface area contributed by atoms with Crippen LogP contribution < -0.4 is 10.3 Å². The summed E-state index contributed by atoms with van der Waals surface area (Å²) in [5.74, 6) is 0.633. The molecular formula is C24H22Br2ClN3O4. The summed E-state index contributed by atoms with van der Waals surface area (Å²) in [6, 6.07) is 8.77. The van der Waals surface area contributed by atoms with E-state index in [9.17, 15) is 9.59 Å². The monoisotopic (exact) mass is 609 g/mol. The molecule has 1 fully saturated rings. The van der Waals surface area contributed by atoms with E-state index in [0.29, 0.717) is 37.5 Å². The van der Waals surface area contributed by atoms with Crippen LogP contribution in [0.15, 0.2) is 49.2 Å². The van der Waals surface area contributed by atoms with Crippen molar-refractivity contribution in [1.82, 2.24) is 9.66 Å². The fraction of sp³-hybridized carbons (Fsp3) is 0.333. The number of carbonyl (C=O) groups excluding carboxylic acids is 1. The van der Waals surface area contributed by atoms with Gasteiger partial charge in [-0.1, -0.05) is 46.8 Å². The topological polar surface area (TPSA) is 82.8 Å². The average Bonchev–Trinajstić information content (AvgIpc) is 2.83. The fourth-order valence-corrected chi connectivity index (χ4v) is 5.35. The number of methoxy groups -OCH3 is 1. The predicted octanol–water partition coefficient (Wildman–Crippen LogP) is 6.06. The molecule has 0 saturated heterocycles. The van der Waals surface area contributed by atoms with Gasteiger partial charge in [-0.05, 0) is 59.1 Å². The first-order chi connectivity index (χ1) is 16.4. The summed E-state index contributed by atoms with van der Waals surface area (Å²) in [4.78, 5) is 29.9. The van der Waals surface area contributed by atoms with Crippen LogP contribution in [0, 0.1) is 0 Å². The Labute approximate surface area is 218 Å². The summed E-state index contributed by atoms with van der Waals surface area (Å²) in [7, 11) is 1.29. The summed E-state index contributed by atoms with van der Waals surface area (Å²) in [5.41, 5.74) is 0.896. The largest absolute Gasteiger partial charge is 0.480 e. The maximum absolute atomic E-state index is 13.5. The van der Waals surface area contributed by atoms with Crippen LogP contribution in [0.5, 0.6) is 5.75 Å². The number of esters is 1. The van der Waals surface area contributed by atoms with E-state index in [1.165, 1.54) is 24.4 Å². The quantitative estimate of drug-likeness (QED) is 0.250. The van der Waals surface area contributed by atoms with Crippen LogP contribution in [0.25, 0.3) is 10.9 Å². The molecule has 0 amide bonds. The summed E-state index contributed by atoms with van der Waals surface area (Å²) in [6.45, 7) is -0.281. The lowest BCUT2D eigenvalue weighted by molar-refractivity contribution is -0.142. The number of fused-ring (bicyclic) bond motifs is 1. The number of ether oxygens (including phenoxy) is 2. The highest BCUT2D eigenvalue weighted by atomic mass is 79.9. The Hall–Kier alpha value is -2.23. The molecule has 0 N–H and O–H groups in total. The molecule has 0 atom stereocenters. The molecule has 178 valence electrons. The molecule has 0 unspecified atom stereocenters. The van der Waals surface area contributed by atoms with Crippen molar-refractivity contribution < 1.29 is 14.3 Å². The lowest BCUT2D eigenvalue weighted by atomic mass is 9.88. The van der Waals surface area contributed by atoms with E-state index in [2.05, 4.69) is 41.7 Å². The molecule has 1 heterocycles. The highest BCUT2D eigenvalue weighted by Gasteiger charge is 2.23. The van der Waals surface area contributed by atoms with Crippen LogP contribution in [-0.4, -0.2) is 35.6 Å². The minimum atomic E-state index is -0.523. The highest BCUT2D eigenvalue weighted by Crippen LogP contribution is 2.33. The summed E-state index contributed by atoms with van der Waals surface area (Å²) in [5, 5.41) is 5.46.